The van der Waals surface area contributed by atoms with Crippen LogP contribution < -0.4 is 26.2 Å². The smallest absolute Gasteiger partial charge is 0.242 e. The Morgan fingerprint density at radius 1 is 0.971 bits per heavy atom. The number of piperazine rings is 1. The van der Waals surface area contributed by atoms with Crippen LogP contribution in [0.15, 0.2) is 60.8 Å². The van der Waals surface area contributed by atoms with E-state index in [1.54, 1.807) is 6.20 Å². The lowest BCUT2D eigenvalue weighted by Gasteiger charge is -2.28. The number of nitrogens with zero attached hydrogens (tertiary/aromatic N) is 3. The number of carbonyl (C=O) groups excluding carboxylic acids is 1. The fraction of sp³-hybridized carbons (Fsp3) is 0.320. The number of hydrogen-bond donors (Lipinski definition) is 4. The highest BCUT2D eigenvalue weighted by Gasteiger charge is 2.20. The van der Waals surface area contributed by atoms with Crippen molar-refractivity contribution in [3.63, 3.8) is 0 Å². The molecule has 2 aromatic carbocycles. The van der Waals surface area contributed by atoms with Crippen LogP contribution in [-0.2, 0) is 9.53 Å². The molecule has 2 saturated heterocycles. The molecule has 2 aliphatic heterocycles. The van der Waals surface area contributed by atoms with Crippen LogP contribution in [0.3, 0.4) is 0 Å². The van der Waals surface area contributed by atoms with Crippen molar-refractivity contribution in [2.24, 2.45) is 0 Å². The van der Waals surface area contributed by atoms with Gasteiger partial charge in [0, 0.05) is 61.5 Å². The van der Waals surface area contributed by atoms with Crippen LogP contribution in [0.1, 0.15) is 0 Å². The van der Waals surface area contributed by atoms with Crippen LogP contribution in [0.5, 0.6) is 0 Å². The maximum absolute atomic E-state index is 12.4. The van der Waals surface area contributed by atoms with Gasteiger partial charge in [-0.05, 0) is 42.5 Å². The summed E-state index contributed by atoms with van der Waals surface area (Å²) in [4.78, 5) is 23.7. The molecule has 2 aliphatic rings. The van der Waals surface area contributed by atoms with E-state index in [-0.39, 0.29) is 11.9 Å². The van der Waals surface area contributed by atoms with Crippen LogP contribution in [0.25, 0.3) is 11.3 Å². The SMILES string of the molecule is O=C(Nc1ccc(-c2ccnc(Nc3ccc(N4CCOCC4)cc3)n2)cc1)[C@H]1CNCCN1. The summed E-state index contributed by atoms with van der Waals surface area (Å²) >= 11 is 0. The number of carbonyl (C=O) groups is 1. The summed E-state index contributed by atoms with van der Waals surface area (Å²) in [6, 6.07) is 17.6. The van der Waals surface area contributed by atoms with Gasteiger partial charge in [-0.25, -0.2) is 9.97 Å². The van der Waals surface area contributed by atoms with Crippen molar-refractivity contribution in [1.82, 2.24) is 20.6 Å². The molecular weight excluding hydrogens is 430 g/mol. The monoisotopic (exact) mass is 459 g/mol. The van der Waals surface area contributed by atoms with E-state index in [0.717, 1.165) is 62.0 Å². The Balaban J connectivity index is 1.21. The van der Waals surface area contributed by atoms with Gasteiger partial charge in [-0.3, -0.25) is 4.79 Å². The summed E-state index contributed by atoms with van der Waals surface area (Å²) in [5.74, 6) is 0.498. The Morgan fingerprint density at radius 3 is 2.47 bits per heavy atom. The van der Waals surface area contributed by atoms with Crippen molar-refractivity contribution in [3.8, 4) is 11.3 Å². The Hall–Kier alpha value is -3.53. The van der Waals surface area contributed by atoms with Crippen LogP contribution in [0.2, 0.25) is 0 Å². The molecule has 176 valence electrons. The van der Waals surface area contributed by atoms with Crippen molar-refractivity contribution < 1.29 is 9.53 Å². The molecule has 2 fully saturated rings. The van der Waals surface area contributed by atoms with Gasteiger partial charge in [-0.15, -0.1) is 0 Å². The third-order valence-corrected chi connectivity index (χ3v) is 5.96. The van der Waals surface area contributed by atoms with E-state index >= 15 is 0 Å². The molecule has 0 spiro atoms. The van der Waals surface area contributed by atoms with E-state index in [0.29, 0.717) is 12.5 Å². The minimum Gasteiger partial charge on any atom is -0.378 e. The fourth-order valence-corrected chi connectivity index (χ4v) is 4.08. The van der Waals surface area contributed by atoms with Crippen molar-refractivity contribution in [2.75, 3.05) is 61.5 Å². The van der Waals surface area contributed by atoms with Gasteiger partial charge in [0.1, 0.15) is 0 Å². The third-order valence-electron chi connectivity index (χ3n) is 5.96. The van der Waals surface area contributed by atoms with Crippen molar-refractivity contribution in [2.45, 2.75) is 6.04 Å². The standard InChI is InChI=1S/C25H29N7O2/c33-24(23-17-26-11-12-27-23)29-19-3-1-18(2-4-19)22-9-10-28-25(31-22)30-20-5-7-21(8-6-20)32-13-15-34-16-14-32/h1-10,23,26-27H,11-17H2,(H,29,33)(H,28,30,31)/t23-/m1/s1. The molecule has 1 atom stereocenters. The van der Waals surface area contributed by atoms with Crippen LogP contribution in [0, 0.1) is 0 Å². The lowest BCUT2D eigenvalue weighted by atomic mass is 10.1. The number of benzene rings is 2. The van der Waals surface area contributed by atoms with Crippen molar-refractivity contribution in [3.05, 3.63) is 60.8 Å². The summed E-state index contributed by atoms with van der Waals surface area (Å²) in [7, 11) is 0. The first-order chi connectivity index (χ1) is 16.7. The van der Waals surface area contributed by atoms with Gasteiger partial charge < -0.3 is 30.9 Å². The summed E-state index contributed by atoms with van der Waals surface area (Å²) in [5.41, 5.74) is 4.63. The normalized spacial score (nSPS) is 18.4. The van der Waals surface area contributed by atoms with Gasteiger partial charge in [0.2, 0.25) is 11.9 Å². The van der Waals surface area contributed by atoms with Gasteiger partial charge in [0.25, 0.3) is 0 Å². The zero-order valence-corrected chi connectivity index (χ0v) is 19.0. The number of nitrogens with one attached hydrogen (secondary N) is 4. The lowest BCUT2D eigenvalue weighted by Crippen LogP contribution is -2.54. The number of ether oxygens (including phenoxy) is 1. The van der Waals surface area contributed by atoms with Crippen molar-refractivity contribution in [1.29, 1.82) is 0 Å². The van der Waals surface area contributed by atoms with E-state index in [4.69, 9.17) is 4.74 Å². The zero-order valence-electron chi connectivity index (χ0n) is 19.0. The summed E-state index contributed by atoms with van der Waals surface area (Å²) in [6.07, 6.45) is 1.74. The summed E-state index contributed by atoms with van der Waals surface area (Å²) < 4.78 is 5.43. The average Bonchev–Trinajstić information content (AvgIpc) is 2.91. The Labute approximate surface area is 198 Å². The number of amides is 1. The van der Waals surface area contributed by atoms with E-state index in [1.165, 1.54) is 5.69 Å². The van der Waals surface area contributed by atoms with Gasteiger partial charge in [0.05, 0.1) is 24.9 Å². The van der Waals surface area contributed by atoms with Gasteiger partial charge in [0.15, 0.2) is 0 Å². The molecule has 3 heterocycles. The minimum atomic E-state index is -0.216. The molecule has 4 N–H and O–H groups in total. The molecule has 3 aromatic rings. The number of aromatic nitrogens is 2. The second-order valence-electron chi connectivity index (χ2n) is 8.31. The fourth-order valence-electron chi connectivity index (χ4n) is 4.08. The predicted molar refractivity (Wildman–Crippen MR) is 134 cm³/mol. The lowest BCUT2D eigenvalue weighted by molar-refractivity contribution is -0.118. The molecule has 1 aromatic heterocycles. The first kappa shape index (κ1) is 22.3. The third kappa shape index (κ3) is 5.51. The first-order valence-electron chi connectivity index (χ1n) is 11.6. The molecule has 0 radical (unpaired) electrons. The maximum atomic E-state index is 12.4. The van der Waals surface area contributed by atoms with Crippen LogP contribution >= 0.6 is 0 Å². The molecule has 9 nitrogen and oxygen atoms in total. The summed E-state index contributed by atoms with van der Waals surface area (Å²) in [6.45, 7) is 5.67. The molecular formula is C25H29N7O2. The van der Waals surface area contributed by atoms with E-state index in [2.05, 4.69) is 48.3 Å². The number of anilines is 4. The minimum absolute atomic E-state index is 0.0342. The highest BCUT2D eigenvalue weighted by atomic mass is 16.5. The maximum Gasteiger partial charge on any atom is 0.242 e. The largest absolute Gasteiger partial charge is 0.378 e. The van der Waals surface area contributed by atoms with Gasteiger partial charge in [-0.1, -0.05) is 12.1 Å². The van der Waals surface area contributed by atoms with E-state index < -0.39 is 0 Å². The Kier molecular flexibility index (Phi) is 6.94. The van der Waals surface area contributed by atoms with E-state index in [9.17, 15) is 4.79 Å². The van der Waals surface area contributed by atoms with Crippen LogP contribution in [-0.4, -0.2) is 67.9 Å². The molecule has 9 heteroatoms. The molecule has 34 heavy (non-hydrogen) atoms. The highest BCUT2D eigenvalue weighted by Crippen LogP contribution is 2.23. The molecule has 0 saturated carbocycles. The van der Waals surface area contributed by atoms with Crippen molar-refractivity contribution >= 4 is 28.9 Å². The number of rotatable bonds is 6. The molecule has 5 rings (SSSR count). The average molecular weight is 460 g/mol. The Morgan fingerprint density at radius 2 is 1.74 bits per heavy atom. The highest BCUT2D eigenvalue weighted by molar-refractivity contribution is 5.95. The summed E-state index contributed by atoms with van der Waals surface area (Å²) in [5, 5.41) is 12.7. The topological polar surface area (TPSA) is 103 Å². The molecule has 0 unspecified atom stereocenters. The number of morpholine rings is 1. The van der Waals surface area contributed by atoms with Gasteiger partial charge in [-0.2, -0.15) is 0 Å². The second kappa shape index (κ2) is 10.6. The Bertz CT molecular complexity index is 1090. The molecule has 1 amide bonds. The van der Waals surface area contributed by atoms with E-state index in [1.807, 2.05) is 42.5 Å². The zero-order chi connectivity index (χ0) is 23.2. The number of hydrogen-bond acceptors (Lipinski definition) is 8. The molecule has 0 bridgehead atoms. The van der Waals surface area contributed by atoms with Crippen LogP contribution in [0.4, 0.5) is 23.0 Å². The predicted octanol–water partition coefficient (Wildman–Crippen LogP) is 2.22. The second-order valence-corrected chi connectivity index (χ2v) is 8.31. The first-order valence-corrected chi connectivity index (χ1v) is 11.6. The van der Waals surface area contributed by atoms with Gasteiger partial charge >= 0.3 is 0 Å². The molecule has 0 aliphatic carbocycles. The quantitative estimate of drug-likeness (QED) is 0.445.